The van der Waals surface area contributed by atoms with E-state index in [9.17, 15) is 4.39 Å². The lowest BCUT2D eigenvalue weighted by atomic mass is 10.2. The molecule has 3 rings (SSSR count). The molecule has 0 fully saturated rings. The van der Waals surface area contributed by atoms with E-state index in [0.717, 1.165) is 27.1 Å². The molecule has 1 aliphatic rings. The van der Waals surface area contributed by atoms with Crippen LogP contribution < -0.4 is 14.8 Å². The van der Waals surface area contributed by atoms with E-state index in [1.165, 1.54) is 12.1 Å². The van der Waals surface area contributed by atoms with Gasteiger partial charge in [-0.3, -0.25) is 0 Å². The minimum absolute atomic E-state index is 0.237. The lowest BCUT2D eigenvalue weighted by molar-refractivity contribution is 0.174. The maximum absolute atomic E-state index is 13.2. The standard InChI is InChI=1S/C15H13BrFNO2/c16-12-3-11(4-13(17)6-12)8-18-7-10-1-2-14-15(5-10)20-9-19-14/h1-6,18H,7-9H2. The molecule has 0 saturated heterocycles. The number of benzene rings is 2. The van der Waals surface area contributed by atoms with Crippen LogP contribution in [0.1, 0.15) is 11.1 Å². The molecule has 0 saturated carbocycles. The zero-order valence-corrected chi connectivity index (χ0v) is 12.2. The van der Waals surface area contributed by atoms with E-state index in [0.29, 0.717) is 13.1 Å². The summed E-state index contributed by atoms with van der Waals surface area (Å²) in [4.78, 5) is 0. The van der Waals surface area contributed by atoms with Crippen LogP contribution in [0.25, 0.3) is 0 Å². The molecule has 5 heteroatoms. The first-order valence-corrected chi connectivity index (χ1v) is 7.04. The average Bonchev–Trinajstić information content (AvgIpc) is 2.85. The van der Waals surface area contributed by atoms with E-state index >= 15 is 0 Å². The number of halogens is 2. The van der Waals surface area contributed by atoms with E-state index in [4.69, 9.17) is 9.47 Å². The van der Waals surface area contributed by atoms with Crippen molar-refractivity contribution in [2.45, 2.75) is 13.1 Å². The Morgan fingerprint density at radius 3 is 2.65 bits per heavy atom. The van der Waals surface area contributed by atoms with Crippen molar-refractivity contribution in [1.29, 1.82) is 0 Å². The van der Waals surface area contributed by atoms with Gasteiger partial charge in [-0.1, -0.05) is 22.0 Å². The Morgan fingerprint density at radius 1 is 1.00 bits per heavy atom. The molecule has 2 aromatic carbocycles. The minimum Gasteiger partial charge on any atom is -0.454 e. The van der Waals surface area contributed by atoms with Crippen molar-refractivity contribution >= 4 is 15.9 Å². The quantitative estimate of drug-likeness (QED) is 0.924. The van der Waals surface area contributed by atoms with Crippen LogP contribution in [0.5, 0.6) is 11.5 Å². The highest BCUT2D eigenvalue weighted by Crippen LogP contribution is 2.32. The molecule has 0 radical (unpaired) electrons. The Morgan fingerprint density at radius 2 is 1.80 bits per heavy atom. The Balaban J connectivity index is 1.59. The number of fused-ring (bicyclic) bond motifs is 1. The van der Waals surface area contributed by atoms with Crippen LogP contribution in [0.2, 0.25) is 0 Å². The fourth-order valence-electron chi connectivity index (χ4n) is 2.12. The molecule has 104 valence electrons. The van der Waals surface area contributed by atoms with E-state index in [-0.39, 0.29) is 12.6 Å². The Hall–Kier alpha value is -1.59. The van der Waals surface area contributed by atoms with Gasteiger partial charge in [0.15, 0.2) is 11.5 Å². The molecule has 2 aromatic rings. The van der Waals surface area contributed by atoms with Gasteiger partial charge in [0.1, 0.15) is 5.82 Å². The van der Waals surface area contributed by atoms with Crippen LogP contribution in [0, 0.1) is 5.82 Å². The van der Waals surface area contributed by atoms with Crippen molar-refractivity contribution in [2.75, 3.05) is 6.79 Å². The molecule has 0 bridgehead atoms. The molecule has 1 aliphatic heterocycles. The fraction of sp³-hybridized carbons (Fsp3) is 0.200. The lowest BCUT2D eigenvalue weighted by Crippen LogP contribution is -2.12. The van der Waals surface area contributed by atoms with E-state index in [1.54, 1.807) is 0 Å². The van der Waals surface area contributed by atoms with Crippen molar-refractivity contribution in [1.82, 2.24) is 5.32 Å². The number of nitrogens with one attached hydrogen (secondary N) is 1. The Bertz CT molecular complexity index is 613. The predicted molar refractivity (Wildman–Crippen MR) is 77.2 cm³/mol. The highest BCUT2D eigenvalue weighted by Gasteiger charge is 2.12. The van der Waals surface area contributed by atoms with Gasteiger partial charge in [-0.25, -0.2) is 4.39 Å². The van der Waals surface area contributed by atoms with Crippen LogP contribution in [0.4, 0.5) is 4.39 Å². The third-order valence-corrected chi connectivity index (χ3v) is 3.48. The van der Waals surface area contributed by atoms with Crippen LogP contribution >= 0.6 is 15.9 Å². The smallest absolute Gasteiger partial charge is 0.231 e. The van der Waals surface area contributed by atoms with Gasteiger partial charge >= 0.3 is 0 Å². The second-order valence-electron chi connectivity index (χ2n) is 4.57. The van der Waals surface area contributed by atoms with Gasteiger partial charge in [-0.05, 0) is 41.5 Å². The summed E-state index contributed by atoms with van der Waals surface area (Å²) in [6, 6.07) is 10.7. The summed E-state index contributed by atoms with van der Waals surface area (Å²) >= 11 is 3.29. The molecule has 3 nitrogen and oxygen atoms in total. The van der Waals surface area contributed by atoms with Crippen molar-refractivity contribution in [3.8, 4) is 11.5 Å². The fourth-order valence-corrected chi connectivity index (χ4v) is 2.63. The maximum atomic E-state index is 13.2. The number of rotatable bonds is 4. The molecule has 0 amide bonds. The summed E-state index contributed by atoms with van der Waals surface area (Å²) in [5.74, 6) is 1.32. The summed E-state index contributed by atoms with van der Waals surface area (Å²) in [6.07, 6.45) is 0. The SMILES string of the molecule is Fc1cc(Br)cc(CNCc2ccc3c(c2)OCO3)c1. The van der Waals surface area contributed by atoms with Crippen molar-refractivity contribution < 1.29 is 13.9 Å². The number of hydrogen-bond acceptors (Lipinski definition) is 3. The molecule has 1 heterocycles. The normalized spacial score (nSPS) is 12.7. The molecule has 0 atom stereocenters. The van der Waals surface area contributed by atoms with Gasteiger partial charge < -0.3 is 14.8 Å². The highest BCUT2D eigenvalue weighted by atomic mass is 79.9. The number of ether oxygens (including phenoxy) is 2. The Kier molecular flexibility index (Phi) is 3.89. The van der Waals surface area contributed by atoms with Crippen LogP contribution in [0.3, 0.4) is 0 Å². The van der Waals surface area contributed by atoms with E-state index in [2.05, 4.69) is 21.2 Å². The second kappa shape index (κ2) is 5.81. The predicted octanol–water partition coefficient (Wildman–Crippen LogP) is 3.61. The monoisotopic (exact) mass is 337 g/mol. The second-order valence-corrected chi connectivity index (χ2v) is 5.48. The third-order valence-electron chi connectivity index (χ3n) is 3.02. The molecular formula is C15H13BrFNO2. The van der Waals surface area contributed by atoms with Gasteiger partial charge in [0.25, 0.3) is 0 Å². The van der Waals surface area contributed by atoms with Crippen LogP contribution in [0.15, 0.2) is 40.9 Å². The molecule has 0 aliphatic carbocycles. The summed E-state index contributed by atoms with van der Waals surface area (Å²) in [5, 5.41) is 3.28. The van der Waals surface area contributed by atoms with Gasteiger partial charge in [-0.2, -0.15) is 0 Å². The lowest BCUT2D eigenvalue weighted by Gasteiger charge is -2.07. The van der Waals surface area contributed by atoms with Gasteiger partial charge in [0.2, 0.25) is 6.79 Å². The van der Waals surface area contributed by atoms with E-state index < -0.39 is 0 Å². The largest absolute Gasteiger partial charge is 0.454 e. The summed E-state index contributed by atoms with van der Waals surface area (Å²) in [6.45, 7) is 1.57. The maximum Gasteiger partial charge on any atom is 0.231 e. The first kappa shape index (κ1) is 13.4. The average molecular weight is 338 g/mol. The van der Waals surface area contributed by atoms with Crippen LogP contribution in [-0.4, -0.2) is 6.79 Å². The molecule has 0 spiro atoms. The molecule has 0 unspecified atom stereocenters. The van der Waals surface area contributed by atoms with Crippen molar-refractivity contribution in [3.05, 3.63) is 57.8 Å². The third kappa shape index (κ3) is 3.11. The summed E-state index contributed by atoms with van der Waals surface area (Å²) < 4.78 is 24.6. The summed E-state index contributed by atoms with van der Waals surface area (Å²) in [5.41, 5.74) is 2.00. The van der Waals surface area contributed by atoms with Gasteiger partial charge in [-0.15, -0.1) is 0 Å². The topological polar surface area (TPSA) is 30.5 Å². The molecule has 0 aromatic heterocycles. The zero-order chi connectivity index (χ0) is 13.9. The first-order valence-electron chi connectivity index (χ1n) is 6.25. The van der Waals surface area contributed by atoms with Gasteiger partial charge in [0.05, 0.1) is 0 Å². The molecule has 20 heavy (non-hydrogen) atoms. The van der Waals surface area contributed by atoms with Crippen LogP contribution in [-0.2, 0) is 13.1 Å². The highest BCUT2D eigenvalue weighted by molar-refractivity contribution is 9.10. The van der Waals surface area contributed by atoms with Gasteiger partial charge in [0, 0.05) is 17.6 Å². The minimum atomic E-state index is -0.237. The van der Waals surface area contributed by atoms with Crippen molar-refractivity contribution in [2.24, 2.45) is 0 Å². The van der Waals surface area contributed by atoms with Crippen molar-refractivity contribution in [3.63, 3.8) is 0 Å². The first-order chi connectivity index (χ1) is 9.70. The summed E-state index contributed by atoms with van der Waals surface area (Å²) in [7, 11) is 0. The molecular weight excluding hydrogens is 325 g/mol. The van der Waals surface area contributed by atoms with E-state index in [1.807, 2.05) is 24.3 Å². The molecule has 1 N–H and O–H groups in total. The zero-order valence-electron chi connectivity index (χ0n) is 10.7. The number of hydrogen-bond donors (Lipinski definition) is 1. The Labute approximate surface area is 124 Å².